The predicted molar refractivity (Wildman–Crippen MR) is 121 cm³/mol. The first kappa shape index (κ1) is 20.3. The van der Waals surface area contributed by atoms with Crippen molar-refractivity contribution in [3.8, 4) is 21.8 Å². The van der Waals surface area contributed by atoms with E-state index in [1.807, 2.05) is 61.7 Å². The zero-order valence-electron chi connectivity index (χ0n) is 16.9. The van der Waals surface area contributed by atoms with Crippen LogP contribution in [0.4, 0.5) is 5.69 Å². The van der Waals surface area contributed by atoms with Crippen LogP contribution in [-0.4, -0.2) is 23.0 Å². The molecule has 0 amide bonds. The fourth-order valence-electron chi connectivity index (χ4n) is 3.15. The molecule has 0 spiro atoms. The van der Waals surface area contributed by atoms with E-state index in [1.165, 1.54) is 6.20 Å². The van der Waals surface area contributed by atoms with Gasteiger partial charge in [0.15, 0.2) is 5.03 Å². The van der Waals surface area contributed by atoms with Crippen LogP contribution in [0.15, 0.2) is 71.2 Å². The molecule has 2 heterocycles. The number of sulfonamides is 1. The second-order valence-electron chi connectivity index (χ2n) is 7.29. The Morgan fingerprint density at radius 1 is 0.967 bits per heavy atom. The highest BCUT2D eigenvalue weighted by Crippen LogP contribution is 2.29. The minimum absolute atomic E-state index is 0.0183. The van der Waals surface area contributed by atoms with Gasteiger partial charge in [0.2, 0.25) is 0 Å². The number of hydrogen-bond acceptors (Lipinski definition) is 5. The lowest BCUT2D eigenvalue weighted by Gasteiger charge is -2.06. The molecule has 4 aromatic rings. The molecule has 0 aliphatic heterocycles. The van der Waals surface area contributed by atoms with Crippen molar-refractivity contribution in [1.82, 2.24) is 14.5 Å². The van der Waals surface area contributed by atoms with Crippen molar-refractivity contribution in [3.63, 3.8) is 0 Å². The second kappa shape index (κ2) is 8.04. The van der Waals surface area contributed by atoms with Gasteiger partial charge in [0.25, 0.3) is 10.0 Å². The smallest absolute Gasteiger partial charge is 0.280 e. The van der Waals surface area contributed by atoms with Crippen LogP contribution in [0.5, 0.6) is 0 Å². The molecule has 0 fully saturated rings. The molecular weight excluding hydrogens is 416 g/mol. The molecule has 1 N–H and O–H groups in total. The van der Waals surface area contributed by atoms with E-state index in [1.54, 1.807) is 35.1 Å². The van der Waals surface area contributed by atoms with E-state index in [0.29, 0.717) is 5.69 Å². The largest absolute Gasteiger partial charge is 0.336 e. The third-order valence-corrected chi connectivity index (χ3v) is 6.78. The molecule has 154 valence electrons. The average molecular weight is 439 g/mol. The van der Waals surface area contributed by atoms with Crippen LogP contribution in [0.3, 0.4) is 0 Å². The Hall–Kier alpha value is -2.97. The molecule has 2 aromatic heterocycles. The summed E-state index contributed by atoms with van der Waals surface area (Å²) in [5.74, 6) is 0.862. The zero-order chi connectivity index (χ0) is 21.3. The Bertz CT molecular complexity index is 1260. The molecule has 6 nitrogen and oxygen atoms in total. The summed E-state index contributed by atoms with van der Waals surface area (Å²) in [7, 11) is -1.95. The van der Waals surface area contributed by atoms with Crippen molar-refractivity contribution >= 4 is 27.0 Å². The fourth-order valence-corrected chi connectivity index (χ4v) is 5.05. The first-order valence-corrected chi connectivity index (χ1v) is 11.9. The van der Waals surface area contributed by atoms with Crippen LogP contribution in [0.1, 0.15) is 25.6 Å². The van der Waals surface area contributed by atoms with Gasteiger partial charge in [-0.05, 0) is 12.1 Å². The molecule has 0 aliphatic rings. The van der Waals surface area contributed by atoms with Crippen molar-refractivity contribution in [2.75, 3.05) is 4.72 Å². The van der Waals surface area contributed by atoms with E-state index in [-0.39, 0.29) is 10.9 Å². The topological polar surface area (TPSA) is 76.9 Å². The van der Waals surface area contributed by atoms with Gasteiger partial charge in [-0.25, -0.2) is 9.97 Å². The number of rotatable bonds is 6. The molecule has 0 saturated heterocycles. The number of aromatic nitrogens is 3. The predicted octanol–water partition coefficient (Wildman–Crippen LogP) is 5.13. The Balaban J connectivity index is 1.53. The molecule has 0 unspecified atom stereocenters. The summed E-state index contributed by atoms with van der Waals surface area (Å²) in [6.07, 6.45) is 1.53. The first-order chi connectivity index (χ1) is 14.3. The fraction of sp³-hybridized carbons (Fsp3) is 0.182. The van der Waals surface area contributed by atoms with Crippen LogP contribution in [0.2, 0.25) is 0 Å². The molecule has 0 bridgehead atoms. The minimum Gasteiger partial charge on any atom is -0.336 e. The maximum Gasteiger partial charge on any atom is 0.280 e. The molecule has 4 rings (SSSR count). The monoisotopic (exact) mass is 438 g/mol. The van der Waals surface area contributed by atoms with Crippen LogP contribution < -0.4 is 4.72 Å². The summed E-state index contributed by atoms with van der Waals surface area (Å²) in [6, 6.07) is 17.2. The van der Waals surface area contributed by atoms with Gasteiger partial charge in [-0.1, -0.05) is 56.3 Å². The summed E-state index contributed by atoms with van der Waals surface area (Å²) in [4.78, 5) is 8.98. The van der Waals surface area contributed by atoms with Gasteiger partial charge in [0.05, 0.1) is 5.69 Å². The number of imidazole rings is 1. The molecule has 0 aliphatic carbocycles. The lowest BCUT2D eigenvalue weighted by atomic mass is 10.1. The molecule has 30 heavy (non-hydrogen) atoms. The number of anilines is 1. The molecule has 0 saturated carbocycles. The summed E-state index contributed by atoms with van der Waals surface area (Å²) in [5.41, 5.74) is 3.35. The quantitative estimate of drug-likeness (QED) is 0.452. The number of thiazole rings is 1. The summed E-state index contributed by atoms with van der Waals surface area (Å²) in [6.45, 7) is 3.96. The number of nitrogens with zero attached hydrogens (tertiary/aromatic N) is 3. The van der Waals surface area contributed by atoms with Crippen LogP contribution in [0, 0.1) is 0 Å². The van der Waals surface area contributed by atoms with E-state index in [9.17, 15) is 8.42 Å². The number of hydrogen-bond donors (Lipinski definition) is 1. The van der Waals surface area contributed by atoms with Gasteiger partial charge in [-0.2, -0.15) is 8.42 Å². The summed E-state index contributed by atoms with van der Waals surface area (Å²) >= 11 is 1.58. The van der Waals surface area contributed by atoms with Crippen molar-refractivity contribution < 1.29 is 8.42 Å². The van der Waals surface area contributed by atoms with E-state index < -0.39 is 10.0 Å². The summed E-state index contributed by atoms with van der Waals surface area (Å²) in [5, 5.41) is 2.97. The number of aryl methyl sites for hydroxylation is 1. The van der Waals surface area contributed by atoms with Crippen molar-refractivity contribution in [2.45, 2.75) is 24.8 Å². The molecular formula is C22H22N4O2S2. The van der Waals surface area contributed by atoms with Gasteiger partial charge in [-0.3, -0.25) is 4.72 Å². The molecule has 8 heteroatoms. The SMILES string of the molecule is CC(C)c1nc(S(=O)(=O)Nc2ccc(-c3csc(-c4ccccc4)n3)cc2)cn1C. The van der Waals surface area contributed by atoms with Crippen molar-refractivity contribution in [1.29, 1.82) is 0 Å². The Kier molecular flexibility index (Phi) is 5.44. The zero-order valence-corrected chi connectivity index (χ0v) is 18.5. The van der Waals surface area contributed by atoms with E-state index in [2.05, 4.69) is 9.71 Å². The van der Waals surface area contributed by atoms with E-state index in [0.717, 1.165) is 27.7 Å². The van der Waals surface area contributed by atoms with Gasteiger partial charge in [0.1, 0.15) is 10.8 Å². The highest BCUT2D eigenvalue weighted by molar-refractivity contribution is 7.92. The Labute approximate surface area is 180 Å². The summed E-state index contributed by atoms with van der Waals surface area (Å²) < 4.78 is 29.8. The molecule has 2 aromatic carbocycles. The van der Waals surface area contributed by atoms with Crippen LogP contribution in [-0.2, 0) is 17.1 Å². The van der Waals surface area contributed by atoms with E-state index in [4.69, 9.17) is 4.98 Å². The molecule has 0 radical (unpaired) electrons. The maximum absolute atomic E-state index is 12.7. The number of nitrogens with one attached hydrogen (secondary N) is 1. The van der Waals surface area contributed by atoms with Gasteiger partial charge in [0, 0.05) is 41.4 Å². The van der Waals surface area contributed by atoms with E-state index >= 15 is 0 Å². The Morgan fingerprint density at radius 2 is 1.67 bits per heavy atom. The van der Waals surface area contributed by atoms with Gasteiger partial charge >= 0.3 is 0 Å². The van der Waals surface area contributed by atoms with Crippen LogP contribution in [0.25, 0.3) is 21.8 Å². The first-order valence-electron chi connectivity index (χ1n) is 9.51. The second-order valence-corrected chi connectivity index (χ2v) is 9.78. The lowest BCUT2D eigenvalue weighted by Crippen LogP contribution is -2.13. The van der Waals surface area contributed by atoms with Gasteiger partial charge < -0.3 is 4.57 Å². The average Bonchev–Trinajstić information content (AvgIpc) is 3.36. The minimum atomic E-state index is -3.75. The normalized spacial score (nSPS) is 11.7. The highest BCUT2D eigenvalue weighted by Gasteiger charge is 2.21. The Morgan fingerprint density at radius 3 is 2.30 bits per heavy atom. The van der Waals surface area contributed by atoms with Gasteiger partial charge in [-0.15, -0.1) is 11.3 Å². The maximum atomic E-state index is 12.7. The lowest BCUT2D eigenvalue weighted by molar-refractivity contribution is 0.597. The standard InChI is InChI=1S/C22H22N4O2S2/c1-15(2)21-24-20(13-26(21)3)30(27,28)25-18-11-9-16(10-12-18)19-14-29-22(23-19)17-7-5-4-6-8-17/h4-15,25H,1-3H3. The highest BCUT2D eigenvalue weighted by atomic mass is 32.2. The third kappa shape index (κ3) is 4.15. The van der Waals surface area contributed by atoms with Crippen molar-refractivity contribution in [2.24, 2.45) is 7.05 Å². The number of benzene rings is 2. The van der Waals surface area contributed by atoms with Crippen LogP contribution >= 0.6 is 11.3 Å². The van der Waals surface area contributed by atoms with Crippen molar-refractivity contribution in [3.05, 3.63) is 72.0 Å². The third-order valence-electron chi connectivity index (χ3n) is 4.64. The molecule has 0 atom stereocenters.